The van der Waals surface area contributed by atoms with Gasteiger partial charge in [0, 0.05) is 5.69 Å². The van der Waals surface area contributed by atoms with Crippen LogP contribution in [0.3, 0.4) is 0 Å². The molecule has 0 atom stereocenters. The number of halogens is 1. The van der Waals surface area contributed by atoms with Gasteiger partial charge in [0.05, 0.1) is 24.1 Å². The van der Waals surface area contributed by atoms with Gasteiger partial charge in [0.2, 0.25) is 0 Å². The zero-order chi connectivity index (χ0) is 16.2. The fraction of sp³-hybridized carbons (Fsp3) is 0.0625. The number of rotatable bonds is 4. The number of carbonyl (C=O) groups excluding carboxylic acids is 2. The molecular weight excluding hydrogens is 301 g/mol. The number of nitrogens with zero attached hydrogens (tertiary/aromatic N) is 1. The minimum Gasteiger partial charge on any atom is -0.472 e. The van der Waals surface area contributed by atoms with E-state index in [2.05, 4.69) is 15.6 Å². The maximum atomic E-state index is 12.9. The van der Waals surface area contributed by atoms with Crippen LogP contribution >= 0.6 is 0 Å². The molecule has 1 aliphatic heterocycles. The minimum atomic E-state index is -0.479. The molecule has 0 bridgehead atoms. The number of amides is 2. The number of furan rings is 1. The maximum Gasteiger partial charge on any atom is 0.275 e. The first-order valence-electron chi connectivity index (χ1n) is 6.79. The first-order chi connectivity index (χ1) is 11.1. The van der Waals surface area contributed by atoms with E-state index in [1.165, 1.54) is 42.9 Å². The van der Waals surface area contributed by atoms with Gasteiger partial charge in [0.25, 0.3) is 11.8 Å². The third kappa shape index (κ3) is 3.34. The first kappa shape index (κ1) is 14.7. The third-order valence-corrected chi connectivity index (χ3v) is 3.15. The summed E-state index contributed by atoms with van der Waals surface area (Å²) in [6.07, 6.45) is 4.33. The second kappa shape index (κ2) is 6.27. The van der Waals surface area contributed by atoms with Gasteiger partial charge in [-0.2, -0.15) is 0 Å². The van der Waals surface area contributed by atoms with Crippen molar-refractivity contribution in [1.29, 1.82) is 0 Å². The molecule has 1 aliphatic rings. The summed E-state index contributed by atoms with van der Waals surface area (Å²) in [5, 5.41) is 5.22. The van der Waals surface area contributed by atoms with Crippen LogP contribution in [-0.2, 0) is 4.79 Å². The highest BCUT2D eigenvalue weighted by Crippen LogP contribution is 2.12. The minimum absolute atomic E-state index is 0.117. The molecule has 0 radical (unpaired) electrons. The number of benzene rings is 1. The summed E-state index contributed by atoms with van der Waals surface area (Å²) in [5.74, 6) is -1.27. The Balaban J connectivity index is 1.67. The molecule has 3 rings (SSSR count). The summed E-state index contributed by atoms with van der Waals surface area (Å²) in [6.45, 7) is 0.299. The van der Waals surface area contributed by atoms with Crippen LogP contribution in [0.2, 0.25) is 0 Å². The van der Waals surface area contributed by atoms with Gasteiger partial charge >= 0.3 is 0 Å². The Morgan fingerprint density at radius 2 is 1.87 bits per heavy atom. The molecule has 23 heavy (non-hydrogen) atoms. The van der Waals surface area contributed by atoms with Crippen LogP contribution in [0.25, 0.3) is 0 Å². The fourth-order valence-corrected chi connectivity index (χ4v) is 2.03. The van der Waals surface area contributed by atoms with E-state index in [1.807, 2.05) is 0 Å². The number of nitrogens with one attached hydrogen (secondary N) is 2. The van der Waals surface area contributed by atoms with Crippen LogP contribution in [0.1, 0.15) is 10.4 Å². The maximum absolute atomic E-state index is 12.9. The van der Waals surface area contributed by atoms with Gasteiger partial charge in [-0.05, 0) is 36.4 Å². The van der Waals surface area contributed by atoms with E-state index >= 15 is 0 Å². The summed E-state index contributed by atoms with van der Waals surface area (Å²) in [7, 11) is 0. The third-order valence-electron chi connectivity index (χ3n) is 3.15. The molecule has 2 amide bonds. The molecule has 1 aromatic heterocycles. The van der Waals surface area contributed by atoms with Gasteiger partial charge in [-0.25, -0.2) is 4.39 Å². The molecule has 0 fully saturated rings. The predicted molar refractivity (Wildman–Crippen MR) is 81.6 cm³/mol. The topological polar surface area (TPSA) is 83.7 Å². The highest BCUT2D eigenvalue weighted by molar-refractivity contribution is 6.49. The Morgan fingerprint density at radius 3 is 2.57 bits per heavy atom. The molecule has 0 saturated carbocycles. The number of hydrogen-bond donors (Lipinski definition) is 2. The molecule has 2 aromatic rings. The smallest absolute Gasteiger partial charge is 0.275 e. The van der Waals surface area contributed by atoms with Crippen LogP contribution in [0.4, 0.5) is 10.1 Å². The SMILES string of the molecule is O=C(Nc1ccc(F)cc1)C1=NCC=C1NC(=O)c1ccoc1. The number of hydrogen-bond acceptors (Lipinski definition) is 4. The molecule has 116 valence electrons. The van der Waals surface area contributed by atoms with E-state index in [1.54, 1.807) is 6.08 Å². The molecule has 0 unspecified atom stereocenters. The van der Waals surface area contributed by atoms with Crippen molar-refractivity contribution >= 4 is 23.2 Å². The second-order valence-electron chi connectivity index (χ2n) is 4.73. The van der Waals surface area contributed by atoms with E-state index < -0.39 is 17.6 Å². The Labute approximate surface area is 130 Å². The van der Waals surface area contributed by atoms with Crippen molar-refractivity contribution in [2.75, 3.05) is 11.9 Å². The van der Waals surface area contributed by atoms with E-state index in [0.717, 1.165) is 0 Å². The Kier molecular flexibility index (Phi) is 4.01. The Morgan fingerprint density at radius 1 is 1.09 bits per heavy atom. The van der Waals surface area contributed by atoms with Gasteiger partial charge < -0.3 is 15.1 Å². The fourth-order valence-electron chi connectivity index (χ4n) is 2.03. The van der Waals surface area contributed by atoms with Gasteiger partial charge in [-0.1, -0.05) is 0 Å². The summed E-state index contributed by atoms with van der Waals surface area (Å²) < 4.78 is 17.7. The predicted octanol–water partition coefficient (Wildman–Crippen LogP) is 2.13. The van der Waals surface area contributed by atoms with Crippen LogP contribution in [-0.4, -0.2) is 24.1 Å². The lowest BCUT2D eigenvalue weighted by Gasteiger charge is -2.09. The average Bonchev–Trinajstić information content (AvgIpc) is 3.20. The number of aliphatic imine (C=N–C) groups is 1. The van der Waals surface area contributed by atoms with Gasteiger partial charge in [-0.3, -0.25) is 14.6 Å². The molecule has 7 heteroatoms. The zero-order valence-corrected chi connectivity index (χ0v) is 11.9. The van der Waals surface area contributed by atoms with Crippen molar-refractivity contribution in [1.82, 2.24) is 5.32 Å². The summed E-state index contributed by atoms with van der Waals surface area (Å²) in [6, 6.07) is 6.87. The van der Waals surface area contributed by atoms with Crippen LogP contribution < -0.4 is 10.6 Å². The van der Waals surface area contributed by atoms with E-state index in [9.17, 15) is 14.0 Å². The summed E-state index contributed by atoms with van der Waals surface area (Å²) >= 11 is 0. The quantitative estimate of drug-likeness (QED) is 0.907. The molecule has 0 aliphatic carbocycles. The van der Waals surface area contributed by atoms with Crippen LogP contribution in [0.5, 0.6) is 0 Å². The van der Waals surface area contributed by atoms with Gasteiger partial charge in [0.15, 0.2) is 0 Å². The van der Waals surface area contributed by atoms with Gasteiger partial charge in [-0.15, -0.1) is 0 Å². The molecule has 2 heterocycles. The summed E-state index contributed by atoms with van der Waals surface area (Å²) in [4.78, 5) is 28.3. The monoisotopic (exact) mass is 313 g/mol. The lowest BCUT2D eigenvalue weighted by atomic mass is 10.2. The molecule has 6 nitrogen and oxygen atoms in total. The Hall–Kier alpha value is -3.22. The van der Waals surface area contributed by atoms with Crippen LogP contribution in [0, 0.1) is 5.82 Å². The largest absolute Gasteiger partial charge is 0.472 e. The van der Waals surface area contributed by atoms with Gasteiger partial charge in [0.1, 0.15) is 17.8 Å². The van der Waals surface area contributed by atoms with Crippen molar-refractivity contribution in [3.05, 3.63) is 66.0 Å². The highest BCUT2D eigenvalue weighted by atomic mass is 19.1. The van der Waals surface area contributed by atoms with Crippen LogP contribution in [0.15, 0.2) is 64.0 Å². The lowest BCUT2D eigenvalue weighted by Crippen LogP contribution is -2.32. The normalized spacial score (nSPS) is 13.3. The van der Waals surface area contributed by atoms with Crippen molar-refractivity contribution in [3.63, 3.8) is 0 Å². The van der Waals surface area contributed by atoms with E-state index in [4.69, 9.17) is 4.42 Å². The van der Waals surface area contributed by atoms with E-state index in [0.29, 0.717) is 23.5 Å². The zero-order valence-electron chi connectivity index (χ0n) is 11.9. The van der Waals surface area contributed by atoms with Crippen molar-refractivity contribution in [3.8, 4) is 0 Å². The van der Waals surface area contributed by atoms with Crippen molar-refractivity contribution in [2.24, 2.45) is 4.99 Å². The summed E-state index contributed by atoms with van der Waals surface area (Å²) in [5.41, 5.74) is 1.23. The van der Waals surface area contributed by atoms with Crippen molar-refractivity contribution in [2.45, 2.75) is 0 Å². The number of carbonyl (C=O) groups is 2. The van der Waals surface area contributed by atoms with Crippen molar-refractivity contribution < 1.29 is 18.4 Å². The first-order valence-corrected chi connectivity index (χ1v) is 6.79. The molecule has 0 saturated heterocycles. The molecule has 0 spiro atoms. The Bertz CT molecular complexity index is 792. The van der Waals surface area contributed by atoms with E-state index in [-0.39, 0.29) is 5.71 Å². The molecule has 2 N–H and O–H groups in total. The highest BCUT2D eigenvalue weighted by Gasteiger charge is 2.22. The lowest BCUT2D eigenvalue weighted by molar-refractivity contribution is -0.110. The average molecular weight is 313 g/mol. The molecule has 1 aromatic carbocycles. The molecular formula is C16H12FN3O3. The number of anilines is 1. The second-order valence-corrected chi connectivity index (χ2v) is 4.73. The standard InChI is InChI=1S/C16H12FN3O3/c17-11-1-3-12(4-2-11)19-16(22)14-13(5-7-18-14)20-15(21)10-6-8-23-9-10/h1-6,8-9H,7H2,(H,19,22)(H,20,21).